The van der Waals surface area contributed by atoms with Crippen LogP contribution in [-0.4, -0.2) is 25.5 Å². The Hall–Kier alpha value is -4.49. The molecule has 0 atom stereocenters. The van der Waals surface area contributed by atoms with Crippen LogP contribution in [0.15, 0.2) is 66.3 Å². The molecule has 0 saturated carbocycles. The first-order valence-electron chi connectivity index (χ1n) is 11.0. The summed E-state index contributed by atoms with van der Waals surface area (Å²) in [4.78, 5) is 21.5. The minimum atomic E-state index is -4.58. The summed E-state index contributed by atoms with van der Waals surface area (Å²) in [5.41, 5.74) is 2.77. The Morgan fingerprint density at radius 2 is 1.92 bits per heavy atom. The highest BCUT2D eigenvalue weighted by atomic mass is 32.1. The van der Waals surface area contributed by atoms with Crippen molar-refractivity contribution >= 4 is 28.6 Å². The zero-order valence-corrected chi connectivity index (χ0v) is 20.4. The molecule has 10 heteroatoms. The summed E-state index contributed by atoms with van der Waals surface area (Å²) in [7, 11) is 0. The van der Waals surface area contributed by atoms with Gasteiger partial charge in [0.05, 0.1) is 22.5 Å². The van der Waals surface area contributed by atoms with Crippen molar-refractivity contribution < 1.29 is 18.0 Å². The lowest BCUT2D eigenvalue weighted by molar-refractivity contribution is -0.137. The molecule has 5 rings (SSSR count). The van der Waals surface area contributed by atoms with Crippen LogP contribution in [0.2, 0.25) is 0 Å². The standard InChI is InChI=1S/C27H18F3N5OS/c1-16-5-6-19(10-18(16)7-8-23-14-31-25-4-3-9-32-35(23)25)26(36)34-22-12-20(24-15-37-17(2)33-24)11-21(13-22)27(28,29)30/h3-6,9-15H,1-2H3,(H,34,36). The molecule has 37 heavy (non-hydrogen) atoms. The number of rotatable bonds is 3. The molecule has 0 saturated heterocycles. The lowest BCUT2D eigenvalue weighted by Crippen LogP contribution is -2.14. The van der Waals surface area contributed by atoms with Crippen LogP contribution in [0.3, 0.4) is 0 Å². The number of imidazole rings is 1. The molecule has 0 spiro atoms. The maximum Gasteiger partial charge on any atom is 0.416 e. The fourth-order valence-electron chi connectivity index (χ4n) is 3.65. The van der Waals surface area contributed by atoms with Gasteiger partial charge in [-0.1, -0.05) is 12.0 Å². The molecular formula is C27H18F3N5OS. The van der Waals surface area contributed by atoms with Gasteiger partial charge in [0.15, 0.2) is 5.65 Å². The number of hydrogen-bond donors (Lipinski definition) is 1. The molecule has 0 radical (unpaired) electrons. The van der Waals surface area contributed by atoms with Crippen molar-refractivity contribution in [1.82, 2.24) is 19.6 Å². The van der Waals surface area contributed by atoms with Crippen molar-refractivity contribution in [3.8, 4) is 23.1 Å². The number of nitrogens with zero attached hydrogens (tertiary/aromatic N) is 4. The van der Waals surface area contributed by atoms with E-state index in [4.69, 9.17) is 0 Å². The first kappa shape index (κ1) is 24.2. The zero-order chi connectivity index (χ0) is 26.2. The van der Waals surface area contributed by atoms with E-state index in [2.05, 4.69) is 32.2 Å². The van der Waals surface area contributed by atoms with Crippen molar-refractivity contribution in [2.75, 3.05) is 5.32 Å². The number of halogens is 3. The second-order valence-electron chi connectivity index (χ2n) is 8.22. The molecule has 1 amide bonds. The SMILES string of the molecule is Cc1nc(-c2cc(NC(=O)c3ccc(C)c(C#Cc4cnc5cccnn45)c3)cc(C(F)(F)F)c2)cs1. The third kappa shape index (κ3) is 5.22. The van der Waals surface area contributed by atoms with Gasteiger partial charge in [0.25, 0.3) is 5.91 Å². The van der Waals surface area contributed by atoms with E-state index in [1.165, 1.54) is 17.4 Å². The molecule has 0 aliphatic rings. The van der Waals surface area contributed by atoms with Gasteiger partial charge in [0.2, 0.25) is 0 Å². The molecule has 5 aromatic rings. The molecule has 0 unspecified atom stereocenters. The fraction of sp³-hybridized carbons (Fsp3) is 0.111. The smallest absolute Gasteiger partial charge is 0.322 e. The van der Waals surface area contributed by atoms with Crippen LogP contribution in [0.5, 0.6) is 0 Å². The molecule has 0 fully saturated rings. The number of thiazole rings is 1. The molecular weight excluding hydrogens is 499 g/mol. The minimum absolute atomic E-state index is 0.0190. The van der Waals surface area contributed by atoms with E-state index in [0.29, 0.717) is 22.6 Å². The van der Waals surface area contributed by atoms with Gasteiger partial charge in [0.1, 0.15) is 5.69 Å². The van der Waals surface area contributed by atoms with Crippen molar-refractivity contribution in [2.24, 2.45) is 0 Å². The van der Waals surface area contributed by atoms with Crippen molar-refractivity contribution in [1.29, 1.82) is 0 Å². The van der Waals surface area contributed by atoms with Crippen LogP contribution in [0.4, 0.5) is 18.9 Å². The van der Waals surface area contributed by atoms with E-state index >= 15 is 0 Å². The van der Waals surface area contributed by atoms with Gasteiger partial charge in [-0.25, -0.2) is 14.5 Å². The predicted octanol–water partition coefficient (Wildman–Crippen LogP) is 6.14. The summed E-state index contributed by atoms with van der Waals surface area (Å²) in [5, 5.41) is 9.23. The Labute approximate surface area is 213 Å². The van der Waals surface area contributed by atoms with E-state index in [9.17, 15) is 18.0 Å². The van der Waals surface area contributed by atoms with E-state index in [0.717, 1.165) is 22.7 Å². The normalized spacial score (nSPS) is 11.3. The lowest BCUT2D eigenvalue weighted by Gasteiger charge is -2.13. The number of aromatic nitrogens is 4. The average molecular weight is 518 g/mol. The van der Waals surface area contributed by atoms with Crippen molar-refractivity contribution in [3.63, 3.8) is 0 Å². The highest BCUT2D eigenvalue weighted by molar-refractivity contribution is 7.09. The molecule has 184 valence electrons. The number of benzene rings is 2. The van der Waals surface area contributed by atoms with E-state index in [1.807, 2.05) is 13.0 Å². The van der Waals surface area contributed by atoms with Crippen LogP contribution >= 0.6 is 11.3 Å². The van der Waals surface area contributed by atoms with Crippen LogP contribution in [-0.2, 0) is 6.18 Å². The van der Waals surface area contributed by atoms with E-state index in [-0.39, 0.29) is 16.8 Å². The third-order valence-electron chi connectivity index (χ3n) is 5.54. The van der Waals surface area contributed by atoms with Crippen LogP contribution in [0.25, 0.3) is 16.9 Å². The number of anilines is 1. The van der Waals surface area contributed by atoms with Gasteiger partial charge < -0.3 is 5.32 Å². The number of hydrogen-bond acceptors (Lipinski definition) is 5. The predicted molar refractivity (Wildman–Crippen MR) is 135 cm³/mol. The maximum atomic E-state index is 13.6. The molecule has 0 aliphatic carbocycles. The van der Waals surface area contributed by atoms with Gasteiger partial charge in [-0.2, -0.15) is 18.3 Å². The number of amides is 1. The summed E-state index contributed by atoms with van der Waals surface area (Å²) in [6.07, 6.45) is -1.35. The number of carbonyl (C=O) groups excluding carboxylic acids is 1. The molecule has 3 heterocycles. The Bertz CT molecular complexity index is 1710. The highest BCUT2D eigenvalue weighted by Crippen LogP contribution is 2.35. The first-order valence-corrected chi connectivity index (χ1v) is 11.9. The third-order valence-corrected chi connectivity index (χ3v) is 6.31. The molecule has 3 aromatic heterocycles. The van der Waals surface area contributed by atoms with Gasteiger partial charge in [-0.15, -0.1) is 11.3 Å². The first-order chi connectivity index (χ1) is 17.7. The topological polar surface area (TPSA) is 72.2 Å². The van der Waals surface area contributed by atoms with Gasteiger partial charge in [-0.05, 0) is 67.8 Å². The second-order valence-corrected chi connectivity index (χ2v) is 9.28. The number of carbonyl (C=O) groups is 1. The van der Waals surface area contributed by atoms with E-state index in [1.54, 1.807) is 53.5 Å². The second kappa shape index (κ2) is 9.52. The number of fused-ring (bicyclic) bond motifs is 1. The summed E-state index contributed by atoms with van der Waals surface area (Å²) < 4.78 is 42.3. The summed E-state index contributed by atoms with van der Waals surface area (Å²) >= 11 is 1.33. The lowest BCUT2D eigenvalue weighted by atomic mass is 10.0. The largest absolute Gasteiger partial charge is 0.416 e. The highest BCUT2D eigenvalue weighted by Gasteiger charge is 2.31. The van der Waals surface area contributed by atoms with Crippen LogP contribution in [0.1, 0.15) is 37.7 Å². The van der Waals surface area contributed by atoms with Gasteiger partial charge in [-0.3, -0.25) is 4.79 Å². The Morgan fingerprint density at radius 1 is 1.08 bits per heavy atom. The molecule has 2 aromatic carbocycles. The molecule has 6 nitrogen and oxygen atoms in total. The number of alkyl halides is 3. The van der Waals surface area contributed by atoms with Crippen molar-refractivity contribution in [2.45, 2.75) is 20.0 Å². The summed E-state index contributed by atoms with van der Waals surface area (Å²) in [5.74, 6) is 5.50. The van der Waals surface area contributed by atoms with E-state index < -0.39 is 17.6 Å². The zero-order valence-electron chi connectivity index (χ0n) is 19.6. The number of nitrogens with one attached hydrogen (secondary N) is 1. The molecule has 0 bridgehead atoms. The summed E-state index contributed by atoms with van der Waals surface area (Å²) in [6, 6.07) is 11.9. The fourth-order valence-corrected chi connectivity index (χ4v) is 4.28. The molecule has 1 N–H and O–H groups in total. The van der Waals surface area contributed by atoms with Crippen molar-refractivity contribution in [3.05, 3.63) is 99.3 Å². The quantitative estimate of drug-likeness (QED) is 0.292. The minimum Gasteiger partial charge on any atom is -0.322 e. The van der Waals surface area contributed by atoms with Crippen LogP contribution < -0.4 is 5.32 Å². The van der Waals surface area contributed by atoms with Gasteiger partial charge >= 0.3 is 6.18 Å². The maximum absolute atomic E-state index is 13.6. The summed E-state index contributed by atoms with van der Waals surface area (Å²) in [6.45, 7) is 3.63. The monoisotopic (exact) mass is 517 g/mol. The van der Waals surface area contributed by atoms with Crippen LogP contribution in [0, 0.1) is 25.7 Å². The Kier molecular flexibility index (Phi) is 6.23. The Morgan fingerprint density at radius 3 is 2.68 bits per heavy atom. The number of aryl methyl sites for hydroxylation is 2. The van der Waals surface area contributed by atoms with Gasteiger partial charge in [0, 0.05) is 34.0 Å². The Balaban J connectivity index is 1.45. The molecule has 0 aliphatic heterocycles. The average Bonchev–Trinajstić information content (AvgIpc) is 3.49.